The molecule has 1 rings (SSSR count). The molecule has 1 heterocycles. The highest BCUT2D eigenvalue weighted by Gasteiger charge is 2.25. The van der Waals surface area contributed by atoms with Crippen molar-refractivity contribution in [1.82, 2.24) is 9.97 Å². The van der Waals surface area contributed by atoms with Crippen LogP contribution in [0.25, 0.3) is 0 Å². The summed E-state index contributed by atoms with van der Waals surface area (Å²) < 4.78 is 0. The van der Waals surface area contributed by atoms with Crippen LogP contribution in [0.1, 0.15) is 13.8 Å². The summed E-state index contributed by atoms with van der Waals surface area (Å²) >= 11 is 0. The van der Waals surface area contributed by atoms with Gasteiger partial charge >= 0.3 is 0 Å². The zero-order valence-corrected chi connectivity index (χ0v) is 8.61. The summed E-state index contributed by atoms with van der Waals surface area (Å²) in [5, 5.41) is 2.81. The van der Waals surface area contributed by atoms with E-state index in [1.807, 2.05) is 0 Å². The standard InChI is InChI=1S/C8H14N6O/c1-8(2,6(10)15)14-5-3-4(9)12-7(11)13-5/h3H,1-2H3,(H2,10,15)(H5,9,11,12,13,14). The number of primary amides is 1. The van der Waals surface area contributed by atoms with Crippen molar-refractivity contribution in [2.24, 2.45) is 5.73 Å². The molecule has 0 aliphatic rings. The summed E-state index contributed by atoms with van der Waals surface area (Å²) in [4.78, 5) is 18.6. The molecule has 1 amide bonds. The number of amides is 1. The fraction of sp³-hybridized carbons (Fsp3) is 0.375. The van der Waals surface area contributed by atoms with Gasteiger partial charge in [-0.25, -0.2) is 0 Å². The normalized spacial score (nSPS) is 11.1. The number of hydrogen-bond acceptors (Lipinski definition) is 6. The van der Waals surface area contributed by atoms with Crippen LogP contribution in [0.15, 0.2) is 6.07 Å². The SMILES string of the molecule is CC(C)(Nc1cc(N)nc(N)n1)C(N)=O. The van der Waals surface area contributed by atoms with Gasteiger partial charge in [0.2, 0.25) is 11.9 Å². The largest absolute Gasteiger partial charge is 0.383 e. The first kappa shape index (κ1) is 11.0. The van der Waals surface area contributed by atoms with Crippen molar-refractivity contribution < 1.29 is 4.79 Å². The maximum atomic E-state index is 11.0. The van der Waals surface area contributed by atoms with Crippen LogP contribution >= 0.6 is 0 Å². The van der Waals surface area contributed by atoms with E-state index >= 15 is 0 Å². The molecule has 15 heavy (non-hydrogen) atoms. The predicted molar refractivity (Wildman–Crippen MR) is 57.8 cm³/mol. The second-order valence-corrected chi connectivity index (χ2v) is 3.65. The number of nitrogens with one attached hydrogen (secondary N) is 1. The number of carbonyl (C=O) groups excluding carboxylic acids is 1. The van der Waals surface area contributed by atoms with Gasteiger partial charge in [0.1, 0.15) is 17.2 Å². The first-order chi connectivity index (χ1) is 6.81. The van der Waals surface area contributed by atoms with E-state index in [1.165, 1.54) is 6.07 Å². The Bertz CT molecular complexity index is 368. The molecule has 0 aliphatic heterocycles. The van der Waals surface area contributed by atoms with Gasteiger partial charge in [-0.05, 0) is 13.8 Å². The van der Waals surface area contributed by atoms with Crippen molar-refractivity contribution in [1.29, 1.82) is 0 Å². The molecule has 1 aromatic heterocycles. The maximum absolute atomic E-state index is 11.0. The Balaban J connectivity index is 2.94. The third-order valence-electron chi connectivity index (χ3n) is 1.82. The summed E-state index contributed by atoms with van der Waals surface area (Å²) in [7, 11) is 0. The number of nitrogens with two attached hydrogens (primary N) is 3. The average Bonchev–Trinajstić information content (AvgIpc) is 1.99. The van der Waals surface area contributed by atoms with Crippen LogP contribution in [0, 0.1) is 0 Å². The quantitative estimate of drug-likeness (QED) is 0.522. The van der Waals surface area contributed by atoms with Crippen LogP contribution in [0.4, 0.5) is 17.6 Å². The second kappa shape index (κ2) is 3.60. The lowest BCUT2D eigenvalue weighted by Gasteiger charge is -2.22. The Morgan fingerprint density at radius 1 is 1.40 bits per heavy atom. The monoisotopic (exact) mass is 210 g/mol. The number of nitrogens with zero attached hydrogens (tertiary/aromatic N) is 2. The summed E-state index contributed by atoms with van der Waals surface area (Å²) in [6, 6.07) is 1.47. The van der Waals surface area contributed by atoms with Crippen molar-refractivity contribution in [3.8, 4) is 0 Å². The summed E-state index contributed by atoms with van der Waals surface area (Å²) in [5.41, 5.74) is 15.1. The zero-order valence-electron chi connectivity index (χ0n) is 8.61. The Kier molecular flexibility index (Phi) is 2.65. The lowest BCUT2D eigenvalue weighted by atomic mass is 10.1. The van der Waals surface area contributed by atoms with Crippen molar-refractivity contribution in [3.63, 3.8) is 0 Å². The Morgan fingerprint density at radius 2 is 2.00 bits per heavy atom. The number of anilines is 3. The minimum atomic E-state index is -0.923. The van der Waals surface area contributed by atoms with Crippen molar-refractivity contribution in [2.45, 2.75) is 19.4 Å². The molecule has 82 valence electrons. The van der Waals surface area contributed by atoms with Crippen LogP contribution in [0.2, 0.25) is 0 Å². The third-order valence-corrected chi connectivity index (χ3v) is 1.82. The summed E-state index contributed by atoms with van der Waals surface area (Å²) in [5.74, 6) is 0.130. The molecule has 0 saturated carbocycles. The molecule has 0 spiro atoms. The molecule has 0 unspecified atom stereocenters. The molecule has 1 aromatic rings. The van der Waals surface area contributed by atoms with E-state index in [2.05, 4.69) is 15.3 Å². The second-order valence-electron chi connectivity index (χ2n) is 3.65. The van der Waals surface area contributed by atoms with Crippen molar-refractivity contribution in [3.05, 3.63) is 6.07 Å². The van der Waals surface area contributed by atoms with E-state index in [0.717, 1.165) is 0 Å². The Hall–Kier alpha value is -2.05. The van der Waals surface area contributed by atoms with E-state index < -0.39 is 11.4 Å². The number of nitrogen functional groups attached to an aromatic ring is 2. The van der Waals surface area contributed by atoms with Gasteiger partial charge in [-0.15, -0.1) is 0 Å². The molecule has 0 aromatic carbocycles. The van der Waals surface area contributed by atoms with E-state index in [0.29, 0.717) is 5.82 Å². The van der Waals surface area contributed by atoms with Gasteiger partial charge in [-0.3, -0.25) is 4.79 Å². The van der Waals surface area contributed by atoms with Crippen LogP contribution in [-0.2, 0) is 4.79 Å². The van der Waals surface area contributed by atoms with E-state index in [4.69, 9.17) is 17.2 Å². The highest BCUT2D eigenvalue weighted by molar-refractivity contribution is 5.86. The Labute approximate surface area is 87.1 Å². The first-order valence-electron chi connectivity index (χ1n) is 4.29. The van der Waals surface area contributed by atoms with Gasteiger partial charge in [0.05, 0.1) is 0 Å². The van der Waals surface area contributed by atoms with Crippen molar-refractivity contribution in [2.75, 3.05) is 16.8 Å². The molecule has 0 fully saturated rings. The van der Waals surface area contributed by atoms with E-state index in [1.54, 1.807) is 13.8 Å². The minimum absolute atomic E-state index is 0.0396. The van der Waals surface area contributed by atoms with Gasteiger partial charge in [0.15, 0.2) is 0 Å². The lowest BCUT2D eigenvalue weighted by molar-refractivity contribution is -0.121. The van der Waals surface area contributed by atoms with Crippen LogP contribution in [0.3, 0.4) is 0 Å². The molecule has 0 atom stereocenters. The molecule has 7 heteroatoms. The number of carbonyl (C=O) groups is 1. The van der Waals surface area contributed by atoms with Crippen LogP contribution in [-0.4, -0.2) is 21.4 Å². The van der Waals surface area contributed by atoms with Crippen LogP contribution < -0.4 is 22.5 Å². The number of aromatic nitrogens is 2. The predicted octanol–water partition coefficient (Wildman–Crippen LogP) is -0.683. The highest BCUT2D eigenvalue weighted by atomic mass is 16.1. The van der Waals surface area contributed by atoms with Crippen LogP contribution in [0.5, 0.6) is 0 Å². The number of rotatable bonds is 3. The maximum Gasteiger partial charge on any atom is 0.242 e. The molecule has 0 bridgehead atoms. The first-order valence-corrected chi connectivity index (χ1v) is 4.29. The Morgan fingerprint density at radius 3 is 2.47 bits per heavy atom. The third kappa shape index (κ3) is 2.70. The van der Waals surface area contributed by atoms with E-state index in [-0.39, 0.29) is 11.8 Å². The molecule has 0 radical (unpaired) electrons. The average molecular weight is 210 g/mol. The zero-order chi connectivity index (χ0) is 11.6. The fourth-order valence-electron chi connectivity index (χ4n) is 0.931. The molecule has 7 N–H and O–H groups in total. The summed E-state index contributed by atoms with van der Waals surface area (Å²) in [6.07, 6.45) is 0. The molecular formula is C8H14N6O. The highest BCUT2D eigenvalue weighted by Crippen LogP contribution is 2.15. The smallest absolute Gasteiger partial charge is 0.242 e. The lowest BCUT2D eigenvalue weighted by Crippen LogP contribution is -2.45. The molecular weight excluding hydrogens is 196 g/mol. The minimum Gasteiger partial charge on any atom is -0.383 e. The van der Waals surface area contributed by atoms with Gasteiger partial charge in [0.25, 0.3) is 0 Å². The van der Waals surface area contributed by atoms with Gasteiger partial charge in [-0.2, -0.15) is 9.97 Å². The molecule has 0 saturated heterocycles. The van der Waals surface area contributed by atoms with Gasteiger partial charge < -0.3 is 22.5 Å². The molecule has 7 nitrogen and oxygen atoms in total. The number of hydrogen-bond donors (Lipinski definition) is 4. The topological polar surface area (TPSA) is 133 Å². The van der Waals surface area contributed by atoms with Crippen molar-refractivity contribution >= 4 is 23.5 Å². The van der Waals surface area contributed by atoms with E-state index in [9.17, 15) is 4.79 Å². The van der Waals surface area contributed by atoms with Gasteiger partial charge in [0, 0.05) is 6.07 Å². The summed E-state index contributed by atoms with van der Waals surface area (Å²) in [6.45, 7) is 3.26. The van der Waals surface area contributed by atoms with Gasteiger partial charge in [-0.1, -0.05) is 0 Å². The fourth-order valence-corrected chi connectivity index (χ4v) is 0.931. The molecule has 0 aliphatic carbocycles.